The Morgan fingerprint density at radius 1 is 1.10 bits per heavy atom. The van der Waals surface area contributed by atoms with Crippen LogP contribution in [0.2, 0.25) is 0 Å². The quantitative estimate of drug-likeness (QED) is 0.714. The molecule has 0 saturated heterocycles. The van der Waals surface area contributed by atoms with Gasteiger partial charge >= 0.3 is 5.97 Å². The minimum Gasteiger partial charge on any atom is -0.469 e. The lowest BCUT2D eigenvalue weighted by Crippen LogP contribution is -2.24. The summed E-state index contributed by atoms with van der Waals surface area (Å²) in [5, 5.41) is 0. The molecule has 0 unspecified atom stereocenters. The van der Waals surface area contributed by atoms with E-state index in [1.54, 1.807) is 0 Å². The van der Waals surface area contributed by atoms with E-state index in [4.69, 9.17) is 4.74 Å². The van der Waals surface area contributed by atoms with Crippen LogP contribution < -0.4 is 0 Å². The summed E-state index contributed by atoms with van der Waals surface area (Å²) in [7, 11) is 1.43. The van der Waals surface area contributed by atoms with Crippen molar-refractivity contribution in [1.29, 1.82) is 0 Å². The molecule has 0 atom stereocenters. The SMILES string of the molecule is CC.CC.CCc1ccccc1C(C)(C)CC(=O)OC. The van der Waals surface area contributed by atoms with Gasteiger partial charge in [-0.15, -0.1) is 0 Å². The number of methoxy groups -OCH3 is 1. The molecule has 0 aliphatic carbocycles. The normalized spacial score (nSPS) is 9.60. The molecule has 1 rings (SSSR count). The summed E-state index contributed by atoms with van der Waals surface area (Å²) in [5.41, 5.74) is 2.37. The molecule has 1 aromatic rings. The molecule has 0 aliphatic rings. The van der Waals surface area contributed by atoms with Crippen molar-refractivity contribution in [2.45, 2.75) is 66.7 Å². The minimum absolute atomic E-state index is 0.157. The van der Waals surface area contributed by atoms with Crippen LogP contribution >= 0.6 is 0 Å². The van der Waals surface area contributed by atoms with E-state index in [2.05, 4.69) is 32.9 Å². The van der Waals surface area contributed by atoms with Crippen LogP contribution in [-0.2, 0) is 21.4 Å². The van der Waals surface area contributed by atoms with Crippen LogP contribution in [0.5, 0.6) is 0 Å². The maximum atomic E-state index is 11.4. The smallest absolute Gasteiger partial charge is 0.306 e. The van der Waals surface area contributed by atoms with Crippen molar-refractivity contribution in [2.75, 3.05) is 7.11 Å². The fraction of sp³-hybridized carbons (Fsp3) is 0.611. The zero-order valence-corrected chi connectivity index (χ0v) is 14.5. The molecule has 0 heterocycles. The maximum absolute atomic E-state index is 11.4. The van der Waals surface area contributed by atoms with E-state index >= 15 is 0 Å². The van der Waals surface area contributed by atoms with Gasteiger partial charge in [0, 0.05) is 5.41 Å². The van der Waals surface area contributed by atoms with Gasteiger partial charge in [0.1, 0.15) is 0 Å². The summed E-state index contributed by atoms with van der Waals surface area (Å²) in [6, 6.07) is 8.28. The molecule has 0 N–H and O–H groups in total. The highest BCUT2D eigenvalue weighted by molar-refractivity contribution is 5.71. The van der Waals surface area contributed by atoms with Crippen molar-refractivity contribution in [1.82, 2.24) is 0 Å². The van der Waals surface area contributed by atoms with Crippen molar-refractivity contribution >= 4 is 5.97 Å². The molecule has 0 spiro atoms. The fourth-order valence-corrected chi connectivity index (χ4v) is 2.02. The van der Waals surface area contributed by atoms with Gasteiger partial charge in [-0.1, -0.05) is 72.7 Å². The Morgan fingerprint density at radius 3 is 2.05 bits per heavy atom. The Labute approximate surface area is 125 Å². The number of ether oxygens (including phenoxy) is 1. The Balaban J connectivity index is 0. The molecule has 2 nitrogen and oxygen atoms in total. The van der Waals surface area contributed by atoms with E-state index in [1.165, 1.54) is 18.2 Å². The monoisotopic (exact) mass is 280 g/mol. The third-order valence-corrected chi connectivity index (χ3v) is 2.94. The highest BCUT2D eigenvalue weighted by Crippen LogP contribution is 2.30. The van der Waals surface area contributed by atoms with Crippen LogP contribution in [-0.4, -0.2) is 13.1 Å². The van der Waals surface area contributed by atoms with Crippen LogP contribution in [0.25, 0.3) is 0 Å². The molecule has 1 aromatic carbocycles. The van der Waals surface area contributed by atoms with Crippen LogP contribution in [0.15, 0.2) is 24.3 Å². The van der Waals surface area contributed by atoms with Crippen molar-refractivity contribution in [3.63, 3.8) is 0 Å². The molecule has 0 radical (unpaired) electrons. The number of hydrogen-bond acceptors (Lipinski definition) is 2. The maximum Gasteiger partial charge on any atom is 0.306 e. The third kappa shape index (κ3) is 6.74. The van der Waals surface area contributed by atoms with Gasteiger partial charge in [-0.2, -0.15) is 0 Å². The van der Waals surface area contributed by atoms with Gasteiger partial charge in [0.05, 0.1) is 13.5 Å². The number of aryl methyl sites for hydroxylation is 1. The van der Waals surface area contributed by atoms with E-state index in [-0.39, 0.29) is 11.4 Å². The number of carbonyl (C=O) groups is 1. The zero-order chi connectivity index (χ0) is 16.2. The van der Waals surface area contributed by atoms with Crippen LogP contribution in [0.3, 0.4) is 0 Å². The van der Waals surface area contributed by atoms with Crippen LogP contribution in [0.4, 0.5) is 0 Å². The van der Waals surface area contributed by atoms with E-state index in [0.29, 0.717) is 6.42 Å². The number of benzene rings is 1. The molecule has 0 aromatic heterocycles. The van der Waals surface area contributed by atoms with Gasteiger partial charge in [-0.3, -0.25) is 4.79 Å². The van der Waals surface area contributed by atoms with E-state index < -0.39 is 0 Å². The third-order valence-electron chi connectivity index (χ3n) is 2.94. The number of hydrogen-bond donors (Lipinski definition) is 0. The van der Waals surface area contributed by atoms with E-state index in [9.17, 15) is 4.79 Å². The summed E-state index contributed by atoms with van der Waals surface area (Å²) < 4.78 is 4.74. The highest BCUT2D eigenvalue weighted by atomic mass is 16.5. The molecule has 0 aliphatic heterocycles. The van der Waals surface area contributed by atoms with E-state index in [0.717, 1.165) is 6.42 Å². The standard InChI is InChI=1S/C14H20O2.2C2H6/c1-5-11-8-6-7-9-12(11)14(2,3)10-13(15)16-4;2*1-2/h6-9H,5,10H2,1-4H3;2*1-2H3. The van der Waals surface area contributed by atoms with Crippen molar-refractivity contribution < 1.29 is 9.53 Å². The summed E-state index contributed by atoms with van der Waals surface area (Å²) in [4.78, 5) is 11.4. The average Bonchev–Trinajstić information content (AvgIpc) is 2.50. The van der Waals surface area contributed by atoms with E-state index in [1.807, 2.05) is 39.8 Å². The number of carbonyl (C=O) groups excluding carboxylic acids is 1. The largest absolute Gasteiger partial charge is 0.469 e. The van der Waals surface area contributed by atoms with Crippen LogP contribution in [0.1, 0.15) is 66.0 Å². The fourth-order valence-electron chi connectivity index (χ4n) is 2.02. The van der Waals surface area contributed by atoms with Crippen molar-refractivity contribution in [3.8, 4) is 0 Å². The first-order valence-electron chi connectivity index (χ1n) is 7.66. The lowest BCUT2D eigenvalue weighted by Gasteiger charge is -2.26. The molecule has 0 bridgehead atoms. The predicted octanol–water partition coefficient (Wildman–Crippen LogP) is 5.14. The Bertz CT molecular complexity index is 367. The average molecular weight is 280 g/mol. The summed E-state index contributed by atoms with van der Waals surface area (Å²) in [6.07, 6.45) is 1.40. The van der Waals surface area contributed by atoms with Gasteiger partial charge in [0.2, 0.25) is 0 Å². The van der Waals surface area contributed by atoms with Gasteiger partial charge in [-0.25, -0.2) is 0 Å². The first-order chi connectivity index (χ1) is 9.51. The molecule has 0 saturated carbocycles. The lowest BCUT2D eigenvalue weighted by molar-refractivity contribution is -0.141. The first kappa shape index (κ1) is 21.0. The van der Waals surface area contributed by atoms with Gasteiger partial charge in [0.25, 0.3) is 0 Å². The molecule has 0 fully saturated rings. The van der Waals surface area contributed by atoms with Crippen LogP contribution in [0, 0.1) is 0 Å². The van der Waals surface area contributed by atoms with Crippen molar-refractivity contribution in [3.05, 3.63) is 35.4 Å². The molecule has 116 valence electrons. The van der Waals surface area contributed by atoms with Gasteiger partial charge in [-0.05, 0) is 17.5 Å². The highest BCUT2D eigenvalue weighted by Gasteiger charge is 2.26. The molecule has 0 amide bonds. The minimum atomic E-state index is -0.167. The second-order valence-electron chi connectivity index (χ2n) is 4.65. The van der Waals surface area contributed by atoms with Gasteiger partial charge < -0.3 is 4.74 Å². The summed E-state index contributed by atoms with van der Waals surface area (Å²) in [5.74, 6) is -0.157. The van der Waals surface area contributed by atoms with Gasteiger partial charge in [0.15, 0.2) is 0 Å². The Morgan fingerprint density at radius 2 is 1.60 bits per heavy atom. The number of rotatable bonds is 4. The zero-order valence-electron chi connectivity index (χ0n) is 14.5. The Kier molecular flexibility index (Phi) is 12.1. The Hall–Kier alpha value is -1.31. The second kappa shape index (κ2) is 11.5. The first-order valence-corrected chi connectivity index (χ1v) is 7.66. The topological polar surface area (TPSA) is 26.3 Å². The van der Waals surface area contributed by atoms with Crippen molar-refractivity contribution in [2.24, 2.45) is 0 Å². The second-order valence-corrected chi connectivity index (χ2v) is 4.65. The summed E-state index contributed by atoms with van der Waals surface area (Å²) >= 11 is 0. The predicted molar refractivity (Wildman–Crippen MR) is 88.2 cm³/mol. The molecule has 20 heavy (non-hydrogen) atoms. The number of esters is 1. The summed E-state index contributed by atoms with van der Waals surface area (Å²) in [6.45, 7) is 14.3. The lowest BCUT2D eigenvalue weighted by atomic mass is 9.78. The molecule has 2 heteroatoms. The molecular weight excluding hydrogens is 248 g/mol. The molecular formula is C18H32O2.